The Morgan fingerprint density at radius 3 is 2.90 bits per heavy atom. The summed E-state index contributed by atoms with van der Waals surface area (Å²) in [7, 11) is 2.19. The second-order valence-electron chi connectivity index (χ2n) is 6.78. The van der Waals surface area contributed by atoms with E-state index in [-0.39, 0.29) is 5.41 Å². The number of likely N-dealkylation sites (tertiary alicyclic amines) is 2. The summed E-state index contributed by atoms with van der Waals surface area (Å²) < 4.78 is 0. The molecule has 1 aromatic carbocycles. The molecule has 116 valence electrons. The van der Waals surface area contributed by atoms with E-state index in [0.717, 1.165) is 44.6 Å². The maximum absolute atomic E-state index is 9.93. The van der Waals surface area contributed by atoms with Crippen LogP contribution in [0.4, 0.5) is 0 Å². The van der Waals surface area contributed by atoms with Crippen LogP contribution >= 0.6 is 0 Å². The van der Waals surface area contributed by atoms with Crippen LogP contribution in [-0.2, 0) is 6.54 Å². The van der Waals surface area contributed by atoms with Gasteiger partial charge in [-0.25, -0.2) is 0 Å². The minimum Gasteiger partial charge on any atom is -0.508 e. The van der Waals surface area contributed by atoms with Crippen LogP contribution in [0.15, 0.2) is 24.3 Å². The number of aliphatic hydroxyl groups excluding tert-OH is 1. The highest BCUT2D eigenvalue weighted by molar-refractivity contribution is 5.27. The van der Waals surface area contributed by atoms with Crippen molar-refractivity contribution in [3.05, 3.63) is 29.8 Å². The van der Waals surface area contributed by atoms with Gasteiger partial charge in [-0.05, 0) is 57.1 Å². The van der Waals surface area contributed by atoms with Crippen molar-refractivity contribution >= 4 is 0 Å². The second-order valence-corrected chi connectivity index (χ2v) is 6.78. The third-order valence-electron chi connectivity index (χ3n) is 5.41. The smallest absolute Gasteiger partial charge is 0.115 e. The molecule has 0 bridgehead atoms. The van der Waals surface area contributed by atoms with E-state index in [4.69, 9.17) is 0 Å². The summed E-state index contributed by atoms with van der Waals surface area (Å²) in [5.74, 6) is 0.337. The second kappa shape index (κ2) is 5.95. The fourth-order valence-electron chi connectivity index (χ4n) is 4.13. The Bertz CT molecular complexity index is 493. The first kappa shape index (κ1) is 14.8. The van der Waals surface area contributed by atoms with Crippen molar-refractivity contribution in [1.82, 2.24) is 9.80 Å². The molecule has 0 aliphatic carbocycles. The van der Waals surface area contributed by atoms with Crippen LogP contribution in [0.3, 0.4) is 0 Å². The summed E-state index contributed by atoms with van der Waals surface area (Å²) in [5.41, 5.74) is 1.26. The predicted molar refractivity (Wildman–Crippen MR) is 83.2 cm³/mol. The van der Waals surface area contributed by atoms with Gasteiger partial charge in [-0.1, -0.05) is 12.1 Å². The van der Waals surface area contributed by atoms with Crippen LogP contribution in [0.5, 0.6) is 5.75 Å². The Hall–Kier alpha value is -1.10. The molecule has 0 spiro atoms. The Morgan fingerprint density at radius 1 is 1.29 bits per heavy atom. The van der Waals surface area contributed by atoms with Gasteiger partial charge in [0.25, 0.3) is 0 Å². The highest BCUT2D eigenvalue weighted by Gasteiger charge is 2.46. The Labute approximate surface area is 127 Å². The average molecular weight is 290 g/mol. The normalized spacial score (nSPS) is 31.0. The predicted octanol–water partition coefficient (Wildman–Crippen LogP) is 1.67. The maximum Gasteiger partial charge on any atom is 0.115 e. The van der Waals surface area contributed by atoms with Gasteiger partial charge in [0.15, 0.2) is 0 Å². The number of aromatic hydroxyl groups is 1. The topological polar surface area (TPSA) is 46.9 Å². The molecule has 2 saturated heterocycles. The fraction of sp³-hybridized carbons (Fsp3) is 0.647. The molecule has 0 unspecified atom stereocenters. The Kier molecular flexibility index (Phi) is 4.20. The van der Waals surface area contributed by atoms with Crippen molar-refractivity contribution in [1.29, 1.82) is 0 Å². The Morgan fingerprint density at radius 2 is 2.14 bits per heavy atom. The van der Waals surface area contributed by atoms with E-state index in [9.17, 15) is 10.2 Å². The first-order valence-corrected chi connectivity index (χ1v) is 7.94. The van der Waals surface area contributed by atoms with E-state index in [1.807, 2.05) is 12.1 Å². The molecule has 3 rings (SSSR count). The number of benzene rings is 1. The van der Waals surface area contributed by atoms with Gasteiger partial charge in [-0.2, -0.15) is 0 Å². The minimum atomic E-state index is 0.0995. The van der Waals surface area contributed by atoms with E-state index >= 15 is 0 Å². The van der Waals surface area contributed by atoms with Gasteiger partial charge in [0.2, 0.25) is 0 Å². The molecule has 4 heteroatoms. The van der Waals surface area contributed by atoms with Crippen molar-refractivity contribution in [3.8, 4) is 5.75 Å². The molecule has 2 aliphatic rings. The molecular formula is C17H26N2O2. The molecule has 4 nitrogen and oxygen atoms in total. The molecule has 2 fully saturated rings. The van der Waals surface area contributed by atoms with Crippen LogP contribution in [0.25, 0.3) is 0 Å². The lowest BCUT2D eigenvalue weighted by Gasteiger charge is -2.53. The number of fused-ring (bicyclic) bond motifs is 1. The molecule has 0 radical (unpaired) electrons. The number of nitrogens with zero attached hydrogens (tertiary/aromatic N) is 2. The number of piperidine rings is 2. The molecule has 0 saturated carbocycles. The zero-order chi connectivity index (χ0) is 14.9. The first-order chi connectivity index (χ1) is 10.1. The van der Waals surface area contributed by atoms with Crippen LogP contribution in [0, 0.1) is 5.41 Å². The first-order valence-electron chi connectivity index (χ1n) is 7.94. The van der Waals surface area contributed by atoms with Crippen molar-refractivity contribution in [2.45, 2.75) is 31.8 Å². The van der Waals surface area contributed by atoms with E-state index in [0.29, 0.717) is 18.4 Å². The van der Waals surface area contributed by atoms with Crippen molar-refractivity contribution in [2.75, 3.05) is 33.3 Å². The average Bonchev–Trinajstić information content (AvgIpc) is 2.48. The number of aliphatic hydroxyl groups is 1. The Balaban J connectivity index is 1.71. The lowest BCUT2D eigenvalue weighted by atomic mass is 9.69. The van der Waals surface area contributed by atoms with E-state index in [1.165, 1.54) is 6.42 Å². The van der Waals surface area contributed by atoms with Crippen molar-refractivity contribution < 1.29 is 10.2 Å². The van der Waals surface area contributed by atoms with E-state index in [1.54, 1.807) is 6.07 Å². The molecular weight excluding hydrogens is 264 g/mol. The van der Waals surface area contributed by atoms with Gasteiger partial charge < -0.3 is 15.1 Å². The minimum absolute atomic E-state index is 0.0995. The molecule has 0 amide bonds. The SMILES string of the molecule is CN1CCC[C@]2(CO)CCN(Cc3cccc(O)c3)C[C@@H]12. The van der Waals surface area contributed by atoms with Gasteiger partial charge in [-0.15, -0.1) is 0 Å². The van der Waals surface area contributed by atoms with Crippen LogP contribution in [0.1, 0.15) is 24.8 Å². The summed E-state index contributed by atoms with van der Waals surface area (Å²) >= 11 is 0. The zero-order valence-electron chi connectivity index (χ0n) is 12.8. The van der Waals surface area contributed by atoms with E-state index < -0.39 is 0 Å². The fourth-order valence-corrected chi connectivity index (χ4v) is 4.13. The number of likely N-dealkylation sites (N-methyl/N-ethyl adjacent to an activating group) is 1. The molecule has 0 aromatic heterocycles. The number of hydrogen-bond donors (Lipinski definition) is 2. The third kappa shape index (κ3) is 2.93. The molecule has 2 heterocycles. The number of phenols is 1. The number of rotatable bonds is 3. The standard InChI is InChI=1S/C17H26N2O2/c1-18-8-3-6-17(13-20)7-9-19(12-16(17)18)11-14-4-2-5-15(21)10-14/h2,4-5,10,16,20-21H,3,6-9,11-13H2,1H3/t16-,17-/m1/s1. The van der Waals surface area contributed by atoms with Crippen molar-refractivity contribution in [2.24, 2.45) is 5.41 Å². The summed E-state index contributed by atoms with van der Waals surface area (Å²) in [6.07, 6.45) is 3.41. The summed E-state index contributed by atoms with van der Waals surface area (Å²) in [4.78, 5) is 4.88. The van der Waals surface area contributed by atoms with Crippen LogP contribution < -0.4 is 0 Å². The maximum atomic E-state index is 9.93. The van der Waals surface area contributed by atoms with E-state index in [2.05, 4.69) is 22.9 Å². The summed E-state index contributed by atoms with van der Waals surface area (Å²) in [6.45, 7) is 4.35. The lowest BCUT2D eigenvalue weighted by Crippen LogP contribution is -2.61. The summed E-state index contributed by atoms with van der Waals surface area (Å²) in [5, 5.41) is 19.5. The van der Waals surface area contributed by atoms with Gasteiger partial charge in [0.1, 0.15) is 5.75 Å². The monoisotopic (exact) mass is 290 g/mol. The quantitative estimate of drug-likeness (QED) is 0.889. The van der Waals surface area contributed by atoms with Gasteiger partial charge >= 0.3 is 0 Å². The van der Waals surface area contributed by atoms with Crippen molar-refractivity contribution in [3.63, 3.8) is 0 Å². The highest BCUT2D eigenvalue weighted by atomic mass is 16.3. The van der Waals surface area contributed by atoms with Crippen LogP contribution in [-0.4, -0.2) is 59.3 Å². The largest absolute Gasteiger partial charge is 0.508 e. The summed E-state index contributed by atoms with van der Waals surface area (Å²) in [6, 6.07) is 7.98. The lowest BCUT2D eigenvalue weighted by molar-refractivity contribution is -0.0684. The van der Waals surface area contributed by atoms with Gasteiger partial charge in [0, 0.05) is 24.5 Å². The number of phenolic OH excluding ortho intramolecular Hbond substituents is 1. The van der Waals surface area contributed by atoms with Crippen LogP contribution in [0.2, 0.25) is 0 Å². The third-order valence-corrected chi connectivity index (χ3v) is 5.41. The highest BCUT2D eigenvalue weighted by Crippen LogP contribution is 2.41. The number of hydrogen-bond acceptors (Lipinski definition) is 4. The van der Waals surface area contributed by atoms with Gasteiger partial charge in [-0.3, -0.25) is 4.90 Å². The molecule has 2 aliphatic heterocycles. The molecule has 2 N–H and O–H groups in total. The molecule has 1 aromatic rings. The molecule has 2 atom stereocenters. The molecule has 21 heavy (non-hydrogen) atoms. The zero-order valence-corrected chi connectivity index (χ0v) is 12.8. The van der Waals surface area contributed by atoms with Gasteiger partial charge in [0.05, 0.1) is 6.61 Å².